The van der Waals surface area contributed by atoms with E-state index in [1.165, 1.54) is 137 Å². The lowest BCUT2D eigenvalue weighted by atomic mass is 9.82. The van der Waals surface area contributed by atoms with Crippen molar-refractivity contribution in [1.82, 2.24) is 28.7 Å². The maximum absolute atomic E-state index is 5.04. The van der Waals surface area contributed by atoms with Crippen LogP contribution in [0, 0.1) is 0 Å². The Kier molecular flexibility index (Phi) is 13.5. The molecule has 6 aromatic heterocycles. The van der Waals surface area contributed by atoms with E-state index in [4.69, 9.17) is 15.0 Å². The van der Waals surface area contributed by atoms with Gasteiger partial charge in [0, 0.05) is 112 Å². The van der Waals surface area contributed by atoms with Crippen LogP contribution in [0.5, 0.6) is 0 Å². The second kappa shape index (κ2) is 24.1. The van der Waals surface area contributed by atoms with Crippen molar-refractivity contribution in [2.75, 3.05) is 4.90 Å². The molecule has 0 saturated heterocycles. The van der Waals surface area contributed by atoms with Gasteiger partial charge in [0.2, 0.25) is 0 Å². The Morgan fingerprint density at radius 1 is 0.248 bits per heavy atom. The zero-order chi connectivity index (χ0) is 74.3. The van der Waals surface area contributed by atoms with Crippen LogP contribution >= 0.6 is 0 Å². The molecule has 113 heavy (non-hydrogen) atoms. The monoisotopic (exact) mass is 1440 g/mol. The summed E-state index contributed by atoms with van der Waals surface area (Å²) in [4.78, 5) is 17.5. The molecule has 0 radical (unpaired) electrons. The highest BCUT2D eigenvalue weighted by Crippen LogP contribution is 2.55. The highest BCUT2D eigenvalue weighted by Gasteiger charge is 2.37. The second-order valence-corrected chi connectivity index (χ2v) is 30.9. The Balaban J connectivity index is 0.000000133. The molecule has 0 bridgehead atoms. The van der Waals surface area contributed by atoms with Gasteiger partial charge < -0.3 is 18.6 Å². The molecule has 0 N–H and O–H groups in total. The van der Waals surface area contributed by atoms with Crippen LogP contribution in [0.15, 0.2) is 370 Å². The van der Waals surface area contributed by atoms with E-state index in [0.29, 0.717) is 0 Å². The normalized spacial score (nSPS) is 12.8. The van der Waals surface area contributed by atoms with Crippen molar-refractivity contribution < 1.29 is 0 Å². The summed E-state index contributed by atoms with van der Waals surface area (Å²) < 4.78 is 7.24. The van der Waals surface area contributed by atoms with E-state index in [-0.39, 0.29) is 5.41 Å². The summed E-state index contributed by atoms with van der Waals surface area (Å²) >= 11 is 0. The highest BCUT2D eigenvalue weighted by molar-refractivity contribution is 6.35. The average molecular weight is 1440 g/mol. The number of para-hydroxylation sites is 3. The molecule has 7 heteroatoms. The number of hydrogen-bond acceptors (Lipinski definition) is 4. The van der Waals surface area contributed by atoms with Gasteiger partial charge in [-0.25, -0.2) is 0 Å². The Bertz CT molecular complexity index is 7740. The van der Waals surface area contributed by atoms with E-state index in [1.807, 2.05) is 30.7 Å². The van der Waals surface area contributed by atoms with Gasteiger partial charge in [-0.1, -0.05) is 238 Å². The average Bonchev–Trinajstić information content (AvgIpc) is 1.54. The highest BCUT2D eigenvalue weighted by atomic mass is 15.1. The van der Waals surface area contributed by atoms with Crippen LogP contribution in [0.2, 0.25) is 0 Å². The topological polar surface area (TPSA) is 56.7 Å². The molecular weight excluding hydrogens is 1370 g/mol. The molecule has 0 atom stereocenters. The SMILES string of the molecule is CC1(C)c2ccccc2-c2ccc(N(c3ccccc3)c3ccc(-c4ccc(-n5c6ccc7cccc8c7c6c6c(cc7cccnc7c65)-c5ncccc5-8)cc4)cc3)cc21.c1ccc2c(c1)-c1cccc3ccc4c(c13)c1c-2cc2cccnc2c1n4-c1ccc(-c2ccc(-n3c4ccccc4c4ccccc43)cc2)cc1. The molecule has 526 valence electrons. The number of hydrogen-bond donors (Lipinski definition) is 0. The van der Waals surface area contributed by atoms with Gasteiger partial charge in [0.15, 0.2) is 0 Å². The van der Waals surface area contributed by atoms with E-state index in [1.54, 1.807) is 0 Å². The molecule has 3 aliphatic carbocycles. The number of benzene rings is 16. The number of aromatic nitrogens is 6. The second-order valence-electron chi connectivity index (χ2n) is 30.9. The van der Waals surface area contributed by atoms with E-state index >= 15 is 0 Å². The maximum atomic E-state index is 5.04. The third kappa shape index (κ3) is 9.22. The summed E-state index contributed by atoms with van der Waals surface area (Å²) in [6, 6.07) is 129. The summed E-state index contributed by atoms with van der Waals surface area (Å²) in [5.74, 6) is 0. The first kappa shape index (κ1) is 63.2. The van der Waals surface area contributed by atoms with Crippen molar-refractivity contribution >= 4 is 126 Å². The van der Waals surface area contributed by atoms with Crippen molar-refractivity contribution in [2.24, 2.45) is 0 Å². The largest absolute Gasteiger partial charge is 0.310 e. The Hall–Kier alpha value is -14.8. The lowest BCUT2D eigenvalue weighted by Gasteiger charge is -2.28. The van der Waals surface area contributed by atoms with Crippen molar-refractivity contribution in [3.05, 3.63) is 382 Å². The quantitative estimate of drug-likeness (QED) is 0.152. The molecule has 6 heterocycles. The lowest BCUT2D eigenvalue weighted by molar-refractivity contribution is 0.660. The lowest BCUT2D eigenvalue weighted by Crippen LogP contribution is -2.16. The number of fused-ring (bicyclic) bond motifs is 16. The van der Waals surface area contributed by atoms with Gasteiger partial charge in [-0.2, -0.15) is 0 Å². The zero-order valence-electron chi connectivity index (χ0n) is 61.8. The standard InChI is InChI=1S/C57H38N4.C49H29N3/c1-57(2)48-18-7-6-15-43(48)44-29-28-42(34-49(44)57)60(39-13-4-3-5-14-39)40-24-19-35(20-25-40)36-21-26-41(27-22-36)61-50-30-23-37-11-8-16-45-46-17-10-32-59-55(46)47-33-38-12-9-31-58-54(38)56(61)52(47)53(50)51(37)45;1-2-12-37-36(11-1)40-15-7-9-32-22-27-44-47(45(32)40)46-41(37)29-33-10-8-28-50-48(33)49(46)52(44)35-25-20-31(21-26-35)30-18-23-34(24-19-30)51-42-16-5-3-13-38(42)39-14-4-6-17-43(39)51/h3-34H,1-2H3;1-29H. The zero-order valence-corrected chi connectivity index (χ0v) is 61.8. The van der Waals surface area contributed by atoms with Gasteiger partial charge in [0.1, 0.15) is 0 Å². The molecule has 0 amide bonds. The fraction of sp³-hybridized carbons (Fsp3) is 0.0283. The number of nitrogens with zero attached hydrogens (tertiary/aromatic N) is 7. The molecular formula is C106H67N7. The third-order valence-electron chi connectivity index (χ3n) is 24.7. The van der Waals surface area contributed by atoms with Crippen molar-refractivity contribution in [3.63, 3.8) is 0 Å². The number of anilines is 3. The van der Waals surface area contributed by atoms with Gasteiger partial charge in [0.05, 0.1) is 49.8 Å². The Morgan fingerprint density at radius 3 is 1.27 bits per heavy atom. The number of pyridine rings is 3. The van der Waals surface area contributed by atoms with Gasteiger partial charge in [0.25, 0.3) is 0 Å². The van der Waals surface area contributed by atoms with Gasteiger partial charge in [-0.15, -0.1) is 0 Å². The van der Waals surface area contributed by atoms with Crippen LogP contribution in [-0.2, 0) is 5.41 Å². The predicted molar refractivity (Wildman–Crippen MR) is 471 cm³/mol. The van der Waals surface area contributed by atoms with Crippen LogP contribution in [0.3, 0.4) is 0 Å². The first-order chi connectivity index (χ1) is 55.8. The Morgan fingerprint density at radius 2 is 0.673 bits per heavy atom. The minimum absolute atomic E-state index is 0.0830. The molecule has 0 aliphatic heterocycles. The summed E-state index contributed by atoms with van der Waals surface area (Å²) in [6.45, 7) is 4.69. The minimum atomic E-state index is -0.0830. The van der Waals surface area contributed by atoms with Crippen LogP contribution in [0.4, 0.5) is 17.1 Å². The van der Waals surface area contributed by atoms with Crippen molar-refractivity contribution in [3.8, 4) is 95.1 Å². The smallest absolute Gasteiger partial charge is 0.0949 e. The maximum Gasteiger partial charge on any atom is 0.0949 e. The summed E-state index contributed by atoms with van der Waals surface area (Å²) in [6.07, 6.45) is 5.75. The van der Waals surface area contributed by atoms with Crippen molar-refractivity contribution in [1.29, 1.82) is 0 Å². The molecule has 22 aromatic rings. The molecule has 25 rings (SSSR count). The fourth-order valence-electron chi connectivity index (χ4n) is 19.7. The predicted octanol–water partition coefficient (Wildman–Crippen LogP) is 27.9. The Labute approximate surface area is 651 Å². The first-order valence-corrected chi connectivity index (χ1v) is 39.0. The number of rotatable bonds is 8. The van der Waals surface area contributed by atoms with E-state index in [0.717, 1.165) is 94.9 Å². The minimum Gasteiger partial charge on any atom is -0.310 e. The van der Waals surface area contributed by atoms with Crippen LogP contribution < -0.4 is 4.90 Å². The van der Waals surface area contributed by atoms with E-state index in [2.05, 4.69) is 372 Å². The molecule has 0 saturated carbocycles. The third-order valence-corrected chi connectivity index (χ3v) is 24.7. The fourth-order valence-corrected chi connectivity index (χ4v) is 19.7. The van der Waals surface area contributed by atoms with E-state index < -0.39 is 0 Å². The molecule has 0 spiro atoms. The summed E-state index contributed by atoms with van der Waals surface area (Å²) in [5, 5.41) is 14.9. The molecule has 16 aromatic carbocycles. The van der Waals surface area contributed by atoms with Crippen LogP contribution in [-0.4, -0.2) is 28.7 Å². The van der Waals surface area contributed by atoms with Crippen molar-refractivity contribution in [2.45, 2.75) is 19.3 Å². The summed E-state index contributed by atoms with van der Waals surface area (Å²) in [7, 11) is 0. The van der Waals surface area contributed by atoms with Gasteiger partial charge in [-0.05, 0) is 221 Å². The molecule has 0 fully saturated rings. The molecule has 0 unspecified atom stereocenters. The summed E-state index contributed by atoms with van der Waals surface area (Å²) in [5.41, 5.74) is 35.5. The van der Waals surface area contributed by atoms with Crippen LogP contribution in [0.1, 0.15) is 25.0 Å². The van der Waals surface area contributed by atoms with Gasteiger partial charge >= 0.3 is 0 Å². The first-order valence-electron chi connectivity index (χ1n) is 39.0. The van der Waals surface area contributed by atoms with Gasteiger partial charge in [-0.3, -0.25) is 15.0 Å². The molecule has 3 aliphatic rings. The van der Waals surface area contributed by atoms with E-state index in [9.17, 15) is 0 Å². The van der Waals surface area contributed by atoms with Crippen LogP contribution in [0.25, 0.3) is 204 Å². The molecule has 7 nitrogen and oxygen atoms in total.